The number of halogens is 4. The zero-order valence-corrected chi connectivity index (χ0v) is 12.9. The Bertz CT molecular complexity index is 97.6. The predicted molar refractivity (Wildman–Crippen MR) is 73.5 cm³/mol. The molecule has 0 radical (unpaired) electrons. The van der Waals surface area contributed by atoms with Gasteiger partial charge in [0.1, 0.15) is 0 Å². The Hall–Kier alpha value is 1.92. The van der Waals surface area contributed by atoms with Crippen LogP contribution in [0.3, 0.4) is 0 Å². The number of alkyl halides is 4. The molecule has 2 atom stereocenters. The summed E-state index contributed by atoms with van der Waals surface area (Å²) in [5.74, 6) is 0. The number of hydrogen-bond acceptors (Lipinski definition) is 0. The summed E-state index contributed by atoms with van der Waals surface area (Å²) in [4.78, 5) is 0.978. The van der Waals surface area contributed by atoms with Gasteiger partial charge in [-0.05, 0) is 0 Å². The lowest BCUT2D eigenvalue weighted by molar-refractivity contribution is 0.396. The smallest absolute Gasteiger partial charge is 0.0200 e. The predicted octanol–water partition coefficient (Wildman–Crippen LogP) is 4.97. The first-order chi connectivity index (χ1) is 5.01. The lowest BCUT2D eigenvalue weighted by Gasteiger charge is -2.35. The van der Waals surface area contributed by atoms with Crippen molar-refractivity contribution in [2.24, 2.45) is 5.41 Å². The second-order valence-electron chi connectivity index (χ2n) is 2.73. The minimum atomic E-state index is 0. The van der Waals surface area contributed by atoms with Gasteiger partial charge in [0, 0.05) is 25.7 Å². The molecule has 0 aromatic rings. The van der Waals surface area contributed by atoms with Crippen molar-refractivity contribution in [3.8, 4) is 0 Å². The highest BCUT2D eigenvalue weighted by atomic mass is 79.9. The van der Waals surface area contributed by atoms with E-state index in [1.165, 1.54) is 0 Å². The van der Waals surface area contributed by atoms with E-state index in [-0.39, 0.29) is 12.8 Å². The van der Waals surface area contributed by atoms with Gasteiger partial charge < -0.3 is 0 Å². The largest absolute Gasteiger partial charge is 0.0921 e. The van der Waals surface area contributed by atoms with Crippen LogP contribution in [0.5, 0.6) is 0 Å². The van der Waals surface area contributed by atoms with Crippen LogP contribution in [0, 0.1) is 5.41 Å². The summed E-state index contributed by atoms with van der Waals surface area (Å²) < 4.78 is 0. The molecule has 0 N–H and O–H groups in total. The van der Waals surface area contributed by atoms with Gasteiger partial charge in [-0.15, -0.1) is 0 Å². The van der Waals surface area contributed by atoms with Crippen molar-refractivity contribution in [3.05, 3.63) is 0 Å². The summed E-state index contributed by atoms with van der Waals surface area (Å²) >= 11 is 14.3. The van der Waals surface area contributed by atoms with Crippen LogP contribution in [-0.4, -0.2) is 20.3 Å². The molecule has 0 aliphatic heterocycles. The van der Waals surface area contributed by atoms with E-state index in [0.29, 0.717) is 9.65 Å². The summed E-state index contributed by atoms with van der Waals surface area (Å²) in [6, 6.07) is 0. The zero-order chi connectivity index (χ0) is 9.07. The van der Waals surface area contributed by atoms with Crippen molar-refractivity contribution >= 4 is 63.7 Å². The molecule has 0 amide bonds. The van der Waals surface area contributed by atoms with Crippen molar-refractivity contribution in [2.45, 2.75) is 30.9 Å². The normalized spacial score (nSPS) is 16.5. The van der Waals surface area contributed by atoms with Gasteiger partial charge in [0.15, 0.2) is 0 Å². The van der Waals surface area contributed by atoms with Crippen LogP contribution in [0.25, 0.3) is 0 Å². The zero-order valence-electron chi connectivity index (χ0n) is 6.58. The van der Waals surface area contributed by atoms with Crippen LogP contribution in [0.1, 0.15) is 21.3 Å². The number of rotatable bonds is 4. The van der Waals surface area contributed by atoms with Crippen molar-refractivity contribution in [1.29, 1.82) is 0 Å². The fourth-order valence-electron chi connectivity index (χ4n) is 0.777. The standard InChI is InChI=1S/C7H12Br4.CH4/c1-5(10)7(3-8,4-9)6(2)11;/h5-6H,3-4H2,1-2H3;1H4. The molecule has 4 heteroatoms. The van der Waals surface area contributed by atoms with Crippen molar-refractivity contribution in [1.82, 2.24) is 0 Å². The molecule has 0 aliphatic rings. The summed E-state index contributed by atoms with van der Waals surface area (Å²) in [7, 11) is 0. The molecule has 0 rings (SSSR count). The van der Waals surface area contributed by atoms with Gasteiger partial charge in [0.2, 0.25) is 0 Å². The van der Waals surface area contributed by atoms with Gasteiger partial charge in [-0.25, -0.2) is 0 Å². The average molecular weight is 432 g/mol. The second kappa shape index (κ2) is 7.24. The molecule has 0 aromatic carbocycles. The van der Waals surface area contributed by atoms with E-state index in [2.05, 4.69) is 77.6 Å². The minimum absolute atomic E-state index is 0. The highest BCUT2D eigenvalue weighted by molar-refractivity contribution is 9.11. The summed E-state index contributed by atoms with van der Waals surface area (Å²) in [5.41, 5.74) is 0.250. The van der Waals surface area contributed by atoms with Crippen LogP contribution in [-0.2, 0) is 0 Å². The fraction of sp³-hybridized carbons (Fsp3) is 1.00. The molecule has 0 bridgehead atoms. The Morgan fingerprint density at radius 2 is 1.25 bits per heavy atom. The topological polar surface area (TPSA) is 0 Å². The van der Waals surface area contributed by atoms with E-state index in [9.17, 15) is 0 Å². The quantitative estimate of drug-likeness (QED) is 0.552. The van der Waals surface area contributed by atoms with Crippen LogP contribution in [0.2, 0.25) is 0 Å². The molecule has 0 saturated heterocycles. The van der Waals surface area contributed by atoms with Gasteiger partial charge in [0.05, 0.1) is 0 Å². The maximum absolute atomic E-state index is 3.63. The van der Waals surface area contributed by atoms with Gasteiger partial charge >= 0.3 is 0 Å². The monoisotopic (exact) mass is 428 g/mol. The maximum atomic E-state index is 3.63. The highest BCUT2D eigenvalue weighted by Crippen LogP contribution is 2.39. The lowest BCUT2D eigenvalue weighted by atomic mass is 9.87. The molecule has 0 aliphatic carbocycles. The molecule has 0 fully saturated rings. The third-order valence-electron chi connectivity index (χ3n) is 2.08. The van der Waals surface area contributed by atoms with E-state index in [1.54, 1.807) is 0 Å². The Kier molecular flexibility index (Phi) is 9.87. The Labute approximate surface area is 110 Å². The van der Waals surface area contributed by atoms with Gasteiger partial charge in [-0.3, -0.25) is 0 Å². The average Bonchev–Trinajstić information content (AvgIpc) is 1.90. The SMILES string of the molecule is C.CC(Br)C(CBr)(CBr)C(C)Br. The minimum Gasteiger partial charge on any atom is -0.0921 e. The summed E-state index contributed by atoms with van der Waals surface area (Å²) in [6.07, 6.45) is 0. The summed E-state index contributed by atoms with van der Waals surface area (Å²) in [5, 5.41) is 1.98. The van der Waals surface area contributed by atoms with E-state index in [1.807, 2.05) is 0 Å². The molecular weight excluding hydrogens is 416 g/mol. The van der Waals surface area contributed by atoms with Gasteiger partial charge in [-0.2, -0.15) is 0 Å². The van der Waals surface area contributed by atoms with Crippen LogP contribution < -0.4 is 0 Å². The summed E-state index contributed by atoms with van der Waals surface area (Å²) in [6.45, 7) is 4.36. The third kappa shape index (κ3) is 3.58. The van der Waals surface area contributed by atoms with Crippen LogP contribution >= 0.6 is 63.7 Å². The Morgan fingerprint density at radius 3 is 1.25 bits per heavy atom. The lowest BCUT2D eigenvalue weighted by Crippen LogP contribution is -2.40. The Balaban J connectivity index is 0. The van der Waals surface area contributed by atoms with E-state index in [4.69, 9.17) is 0 Å². The van der Waals surface area contributed by atoms with Crippen LogP contribution in [0.15, 0.2) is 0 Å². The Morgan fingerprint density at radius 1 is 1.00 bits per heavy atom. The third-order valence-corrected chi connectivity index (χ3v) is 5.99. The van der Waals surface area contributed by atoms with E-state index >= 15 is 0 Å². The molecule has 0 heterocycles. The van der Waals surface area contributed by atoms with Crippen molar-refractivity contribution in [2.75, 3.05) is 10.7 Å². The van der Waals surface area contributed by atoms with E-state index in [0.717, 1.165) is 10.7 Å². The van der Waals surface area contributed by atoms with Gasteiger partial charge in [0.25, 0.3) is 0 Å². The van der Waals surface area contributed by atoms with Crippen molar-refractivity contribution < 1.29 is 0 Å². The first-order valence-electron chi connectivity index (χ1n) is 3.41. The molecule has 0 spiro atoms. The molecular formula is C8H16Br4. The highest BCUT2D eigenvalue weighted by Gasteiger charge is 2.37. The van der Waals surface area contributed by atoms with Gasteiger partial charge in [-0.1, -0.05) is 85.0 Å². The second-order valence-corrected chi connectivity index (χ2v) is 6.60. The molecule has 0 saturated carbocycles. The van der Waals surface area contributed by atoms with Crippen LogP contribution in [0.4, 0.5) is 0 Å². The van der Waals surface area contributed by atoms with Crippen molar-refractivity contribution in [3.63, 3.8) is 0 Å². The molecule has 76 valence electrons. The number of hydrogen-bond donors (Lipinski definition) is 0. The van der Waals surface area contributed by atoms with E-state index < -0.39 is 0 Å². The fourth-order valence-corrected chi connectivity index (χ4v) is 7.18. The molecule has 2 unspecified atom stereocenters. The molecule has 12 heavy (non-hydrogen) atoms. The first-order valence-corrected chi connectivity index (χ1v) is 7.48. The molecule has 0 nitrogen and oxygen atoms in total. The first kappa shape index (κ1) is 16.4. The maximum Gasteiger partial charge on any atom is 0.0200 e. The molecule has 0 aromatic heterocycles.